The number of aliphatic hydroxyl groups is 1. The number of benzene rings is 5. The van der Waals surface area contributed by atoms with E-state index in [4.69, 9.17) is 18.9 Å². The van der Waals surface area contributed by atoms with Crippen molar-refractivity contribution in [2.75, 3.05) is 27.3 Å². The van der Waals surface area contributed by atoms with Gasteiger partial charge in [0.1, 0.15) is 5.56 Å². The molecule has 5 aromatic rings. The lowest BCUT2D eigenvalue weighted by atomic mass is 9.96. The molecule has 292 valence electrons. The summed E-state index contributed by atoms with van der Waals surface area (Å²) in [5.74, 6) is -11.2. The van der Waals surface area contributed by atoms with Gasteiger partial charge in [0, 0.05) is 38.2 Å². The Morgan fingerprint density at radius 2 is 1.41 bits per heavy atom. The Balaban J connectivity index is 1.10. The van der Waals surface area contributed by atoms with E-state index < -0.39 is 46.8 Å². The van der Waals surface area contributed by atoms with Crippen LogP contribution in [0, 0.1) is 29.1 Å². The smallest absolute Gasteiger partial charge is 0.257 e. The molecule has 0 aromatic heterocycles. The molecule has 0 unspecified atom stereocenters. The van der Waals surface area contributed by atoms with Crippen molar-refractivity contribution in [2.45, 2.75) is 51.0 Å². The number of fused-ring (bicyclic) bond motifs is 1. The molecule has 2 aliphatic rings. The number of rotatable bonds is 11. The van der Waals surface area contributed by atoms with Crippen LogP contribution < -0.4 is 14.8 Å². The minimum Gasteiger partial charge on any atom is -0.493 e. The molecule has 13 heteroatoms. The number of amides is 1. The molecule has 0 spiro atoms. The Kier molecular flexibility index (Phi) is 11.7. The summed E-state index contributed by atoms with van der Waals surface area (Å²) >= 11 is 0. The van der Waals surface area contributed by atoms with Gasteiger partial charge in [-0.1, -0.05) is 60.7 Å². The highest BCUT2D eigenvalue weighted by Gasteiger charge is 2.34. The van der Waals surface area contributed by atoms with Gasteiger partial charge in [-0.2, -0.15) is 0 Å². The van der Waals surface area contributed by atoms with Crippen molar-refractivity contribution < 1.29 is 50.8 Å². The third kappa shape index (κ3) is 8.12. The molecule has 8 nitrogen and oxygen atoms in total. The number of methoxy groups -OCH3 is 2. The van der Waals surface area contributed by atoms with Crippen LogP contribution in [0.15, 0.2) is 84.9 Å². The maximum absolute atomic E-state index is 14.2. The number of halogens is 5. The van der Waals surface area contributed by atoms with Crippen LogP contribution in [0.1, 0.15) is 62.6 Å². The lowest BCUT2D eigenvalue weighted by Gasteiger charge is -2.39. The van der Waals surface area contributed by atoms with Gasteiger partial charge in [0.25, 0.3) is 5.91 Å². The fourth-order valence-corrected chi connectivity index (χ4v) is 7.22. The average molecular weight is 775 g/mol. The van der Waals surface area contributed by atoms with E-state index in [9.17, 15) is 31.9 Å². The molecule has 0 radical (unpaired) electrons. The highest BCUT2D eigenvalue weighted by atomic mass is 19.2. The van der Waals surface area contributed by atoms with Gasteiger partial charge >= 0.3 is 0 Å². The van der Waals surface area contributed by atoms with Crippen LogP contribution in [0.2, 0.25) is 0 Å². The van der Waals surface area contributed by atoms with E-state index >= 15 is 0 Å². The minimum atomic E-state index is -2.34. The predicted molar refractivity (Wildman–Crippen MR) is 196 cm³/mol. The largest absolute Gasteiger partial charge is 0.493 e. The summed E-state index contributed by atoms with van der Waals surface area (Å²) in [6.45, 7) is 1.87. The van der Waals surface area contributed by atoms with Crippen molar-refractivity contribution in [1.82, 2.24) is 10.2 Å². The highest BCUT2D eigenvalue weighted by molar-refractivity contribution is 5.94. The quantitative estimate of drug-likeness (QED) is 0.0797. The Hall–Kier alpha value is -5.34. The number of nitrogens with one attached hydrogen (secondary N) is 1. The summed E-state index contributed by atoms with van der Waals surface area (Å²) in [5.41, 5.74) is 5.37. The third-order valence-corrected chi connectivity index (χ3v) is 10.2. The molecule has 1 saturated heterocycles. The summed E-state index contributed by atoms with van der Waals surface area (Å²) < 4.78 is 93.7. The zero-order valence-electron chi connectivity index (χ0n) is 30.6. The van der Waals surface area contributed by atoms with E-state index in [1.165, 1.54) is 11.1 Å². The number of hydrogen-bond acceptors (Lipinski definition) is 7. The number of carbonyl (C=O) groups excluding carboxylic acids is 1. The number of carbonyl (C=O) groups is 1. The topological polar surface area (TPSA) is 89.5 Å². The molecule has 0 saturated carbocycles. The number of aliphatic hydroxyl groups excluding tert-OH is 1. The van der Waals surface area contributed by atoms with E-state index in [0.29, 0.717) is 36.6 Å². The van der Waals surface area contributed by atoms with Gasteiger partial charge in [0.2, 0.25) is 5.82 Å². The Morgan fingerprint density at radius 1 is 0.768 bits per heavy atom. The summed E-state index contributed by atoms with van der Waals surface area (Å²) in [7, 11) is 3.25. The molecule has 2 aliphatic heterocycles. The summed E-state index contributed by atoms with van der Waals surface area (Å²) in [6, 6.07) is 26.3. The molecule has 3 atom stereocenters. The molecular weight excluding hydrogens is 735 g/mol. The second kappa shape index (κ2) is 16.8. The van der Waals surface area contributed by atoms with Gasteiger partial charge in [0.15, 0.2) is 41.1 Å². The Bertz CT molecular complexity index is 2210. The van der Waals surface area contributed by atoms with Crippen molar-refractivity contribution in [1.29, 1.82) is 0 Å². The molecule has 1 amide bonds. The first-order valence-corrected chi connectivity index (χ1v) is 18.0. The molecular formula is C43H39F5N2O6. The van der Waals surface area contributed by atoms with Crippen LogP contribution in [-0.2, 0) is 35.6 Å². The van der Waals surface area contributed by atoms with E-state index in [1.807, 2.05) is 66.7 Å². The van der Waals surface area contributed by atoms with Crippen LogP contribution in [0.3, 0.4) is 0 Å². The number of nitrogens with zero attached hydrogens (tertiary/aromatic N) is 1. The van der Waals surface area contributed by atoms with E-state index in [-0.39, 0.29) is 25.4 Å². The number of ether oxygens (including phenoxy) is 4. The predicted octanol–water partition coefficient (Wildman–Crippen LogP) is 8.09. The van der Waals surface area contributed by atoms with Gasteiger partial charge in [0.05, 0.1) is 33.0 Å². The van der Waals surface area contributed by atoms with Crippen molar-refractivity contribution in [3.8, 4) is 22.6 Å². The fraction of sp³-hybridized carbons (Fsp3) is 0.279. The zero-order valence-corrected chi connectivity index (χ0v) is 30.6. The molecule has 7 rings (SSSR count). The molecule has 2 N–H and O–H groups in total. The maximum Gasteiger partial charge on any atom is 0.257 e. The van der Waals surface area contributed by atoms with E-state index in [0.717, 1.165) is 40.8 Å². The van der Waals surface area contributed by atoms with E-state index in [2.05, 4.69) is 10.2 Å². The highest BCUT2D eigenvalue weighted by Crippen LogP contribution is 2.40. The second-order valence-electron chi connectivity index (χ2n) is 13.8. The Morgan fingerprint density at radius 3 is 2.09 bits per heavy atom. The van der Waals surface area contributed by atoms with E-state index in [1.54, 1.807) is 32.4 Å². The second-order valence-corrected chi connectivity index (χ2v) is 13.8. The Labute approximate surface area is 320 Å². The van der Waals surface area contributed by atoms with Gasteiger partial charge in [-0.25, -0.2) is 22.0 Å². The maximum atomic E-state index is 14.2. The van der Waals surface area contributed by atoms with Crippen LogP contribution >= 0.6 is 0 Å². The normalized spacial score (nSPS) is 18.3. The van der Waals surface area contributed by atoms with Crippen molar-refractivity contribution in [3.63, 3.8) is 0 Å². The summed E-state index contributed by atoms with van der Waals surface area (Å²) in [6.07, 6.45) is 0.202. The molecule has 1 fully saturated rings. The molecule has 5 aromatic carbocycles. The average Bonchev–Trinajstić information content (AvgIpc) is 3.23. The van der Waals surface area contributed by atoms with Crippen molar-refractivity contribution in [2.24, 2.45) is 0 Å². The third-order valence-electron chi connectivity index (χ3n) is 10.2. The van der Waals surface area contributed by atoms with Crippen LogP contribution in [-0.4, -0.2) is 49.3 Å². The van der Waals surface area contributed by atoms with Gasteiger partial charge in [-0.15, -0.1) is 0 Å². The first-order valence-electron chi connectivity index (χ1n) is 18.0. The van der Waals surface area contributed by atoms with Crippen LogP contribution in [0.25, 0.3) is 11.1 Å². The lowest BCUT2D eigenvalue weighted by Crippen LogP contribution is -2.41. The van der Waals surface area contributed by atoms with Gasteiger partial charge in [-0.3, -0.25) is 9.69 Å². The summed E-state index contributed by atoms with van der Waals surface area (Å²) in [5, 5.41) is 11.9. The van der Waals surface area contributed by atoms with Crippen LogP contribution in [0.5, 0.6) is 11.5 Å². The molecule has 2 heterocycles. The first-order chi connectivity index (χ1) is 27.1. The lowest BCUT2D eigenvalue weighted by molar-refractivity contribution is -0.253. The first kappa shape index (κ1) is 38.9. The zero-order chi connectivity index (χ0) is 39.5. The fourth-order valence-electron chi connectivity index (χ4n) is 7.22. The SMILES string of the molecule is COc1cc2c(cc1OC)CN(C[C@H]1C[C@@H](c3ccc(CO)cc3)O[C@@H](c3cccc(-c4cccc(CNC(=O)c5c(F)c(F)c(F)c(F)c5F)c4)c3)O1)CC2. The minimum absolute atomic E-state index is 0.0705. The standard InChI is InChI=1S/C43H39F5N2O6/c1-53-34-17-29-13-14-50(21-31(29)18-35(34)54-2)22-32-19-33(26-11-9-24(23-51)10-12-26)56-43(55-32)30-8-4-7-28(16-30)27-6-3-5-25(15-27)20-49-42(52)36-37(44)39(46)41(48)40(47)38(36)45/h3-12,15-18,32-33,43,51H,13-14,19-23H2,1-2H3,(H,49,52)/t32-,33+,43+/m1/s1. The van der Waals surface area contributed by atoms with Crippen molar-refractivity contribution in [3.05, 3.63) is 153 Å². The molecule has 56 heavy (non-hydrogen) atoms. The van der Waals surface area contributed by atoms with Crippen LogP contribution in [0.4, 0.5) is 22.0 Å². The molecule has 0 bridgehead atoms. The number of hydrogen-bond donors (Lipinski definition) is 2. The monoisotopic (exact) mass is 774 g/mol. The molecule has 0 aliphatic carbocycles. The van der Waals surface area contributed by atoms with Crippen molar-refractivity contribution >= 4 is 5.91 Å². The summed E-state index contributed by atoms with van der Waals surface area (Å²) in [4.78, 5) is 14.9. The van der Waals surface area contributed by atoms with Gasteiger partial charge < -0.3 is 29.4 Å². The van der Waals surface area contributed by atoms with Gasteiger partial charge in [-0.05, 0) is 69.6 Å².